The first kappa shape index (κ1) is 14.4. The number of hydrogen-bond acceptors (Lipinski definition) is 1. The maximum atomic E-state index is 5.54. The Morgan fingerprint density at radius 2 is 1.79 bits per heavy atom. The molecule has 14 heavy (non-hydrogen) atoms. The van der Waals surface area contributed by atoms with Crippen molar-refractivity contribution < 1.29 is 4.74 Å². The van der Waals surface area contributed by atoms with Gasteiger partial charge in [0.2, 0.25) is 0 Å². The third-order valence-corrected chi connectivity index (χ3v) is 3.97. The summed E-state index contributed by atoms with van der Waals surface area (Å²) in [4.78, 5) is 0.595. The minimum absolute atomic E-state index is 0.359. The summed E-state index contributed by atoms with van der Waals surface area (Å²) < 4.78 is 5.54. The molecule has 1 unspecified atom stereocenters. The predicted octanol–water partition coefficient (Wildman–Crippen LogP) is 4.25. The molecule has 0 saturated carbocycles. The summed E-state index contributed by atoms with van der Waals surface area (Å²) in [5.74, 6) is 0.650. The molecule has 0 fully saturated rings. The molecule has 0 aliphatic heterocycles. The van der Waals surface area contributed by atoms with Gasteiger partial charge in [0, 0.05) is 18.0 Å². The lowest BCUT2D eigenvalue weighted by molar-refractivity contribution is 0.105. The fourth-order valence-corrected chi connectivity index (χ4v) is 1.44. The predicted molar refractivity (Wildman–Crippen MR) is 67.1 cm³/mol. The summed E-state index contributed by atoms with van der Waals surface area (Å²) in [5.41, 5.74) is 0.359. The number of alkyl halides is 1. The molecule has 86 valence electrons. The molecule has 0 spiro atoms. The number of rotatable bonds is 6. The molecule has 0 amide bonds. The van der Waals surface area contributed by atoms with Crippen LogP contribution in [0.25, 0.3) is 0 Å². The molecule has 0 radical (unpaired) electrons. The Labute approximate surface area is 97.7 Å². The van der Waals surface area contributed by atoms with Crippen LogP contribution < -0.4 is 0 Å². The second kappa shape index (κ2) is 6.84. The van der Waals surface area contributed by atoms with Gasteiger partial charge in [-0.2, -0.15) is 0 Å². The van der Waals surface area contributed by atoms with Crippen LogP contribution in [0.5, 0.6) is 0 Å². The average molecular weight is 265 g/mol. The van der Waals surface area contributed by atoms with Gasteiger partial charge in [0.1, 0.15) is 0 Å². The van der Waals surface area contributed by atoms with E-state index in [0.717, 1.165) is 19.6 Å². The van der Waals surface area contributed by atoms with Crippen LogP contribution in [0.3, 0.4) is 0 Å². The highest BCUT2D eigenvalue weighted by Crippen LogP contribution is 2.29. The molecule has 0 aliphatic rings. The number of hydrogen-bond donors (Lipinski definition) is 0. The summed E-state index contributed by atoms with van der Waals surface area (Å²) in [6, 6.07) is 0. The van der Waals surface area contributed by atoms with E-state index in [-0.39, 0.29) is 0 Å². The van der Waals surface area contributed by atoms with Crippen molar-refractivity contribution in [2.45, 2.75) is 52.3 Å². The van der Waals surface area contributed by atoms with Crippen LogP contribution >= 0.6 is 15.9 Å². The standard InChI is InChI=1S/C12H25BrO/c1-10(2)9-14-8-6-7-11(13)12(3,4)5/h10-11H,6-9H2,1-5H3. The van der Waals surface area contributed by atoms with E-state index in [1.54, 1.807) is 0 Å². The third-order valence-electron chi connectivity index (χ3n) is 2.14. The minimum atomic E-state index is 0.359. The highest BCUT2D eigenvalue weighted by molar-refractivity contribution is 9.09. The zero-order valence-corrected chi connectivity index (χ0v) is 11.9. The minimum Gasteiger partial charge on any atom is -0.381 e. The lowest BCUT2D eigenvalue weighted by atomic mass is 9.90. The van der Waals surface area contributed by atoms with Crippen molar-refractivity contribution in [3.8, 4) is 0 Å². The number of halogens is 1. The quantitative estimate of drug-likeness (QED) is 0.515. The lowest BCUT2D eigenvalue weighted by Crippen LogP contribution is -2.20. The lowest BCUT2D eigenvalue weighted by Gasteiger charge is -2.25. The Bertz CT molecular complexity index is 138. The molecule has 0 bridgehead atoms. The Kier molecular flexibility index (Phi) is 7.05. The molecule has 0 saturated heterocycles. The summed E-state index contributed by atoms with van der Waals surface area (Å²) in [7, 11) is 0. The molecule has 0 aromatic carbocycles. The van der Waals surface area contributed by atoms with Gasteiger partial charge in [-0.3, -0.25) is 0 Å². The van der Waals surface area contributed by atoms with Crippen LogP contribution in [0.2, 0.25) is 0 Å². The van der Waals surface area contributed by atoms with Crippen molar-refractivity contribution in [3.63, 3.8) is 0 Å². The van der Waals surface area contributed by atoms with E-state index >= 15 is 0 Å². The van der Waals surface area contributed by atoms with E-state index in [1.165, 1.54) is 6.42 Å². The Balaban J connectivity index is 3.37. The van der Waals surface area contributed by atoms with Crippen LogP contribution in [-0.2, 0) is 4.74 Å². The third kappa shape index (κ3) is 7.81. The van der Waals surface area contributed by atoms with Crippen molar-refractivity contribution in [1.29, 1.82) is 0 Å². The molecular weight excluding hydrogens is 240 g/mol. The maximum absolute atomic E-state index is 5.54. The van der Waals surface area contributed by atoms with Crippen molar-refractivity contribution in [2.24, 2.45) is 11.3 Å². The first-order valence-electron chi connectivity index (χ1n) is 5.56. The molecule has 2 heteroatoms. The van der Waals surface area contributed by atoms with Crippen LogP contribution in [-0.4, -0.2) is 18.0 Å². The molecular formula is C12H25BrO. The van der Waals surface area contributed by atoms with Crippen LogP contribution in [0.15, 0.2) is 0 Å². The number of ether oxygens (including phenoxy) is 1. The average Bonchev–Trinajstić information content (AvgIpc) is 2.01. The van der Waals surface area contributed by atoms with Gasteiger partial charge in [0.15, 0.2) is 0 Å². The van der Waals surface area contributed by atoms with E-state index < -0.39 is 0 Å². The monoisotopic (exact) mass is 264 g/mol. The van der Waals surface area contributed by atoms with E-state index in [4.69, 9.17) is 4.74 Å². The fraction of sp³-hybridized carbons (Fsp3) is 1.00. The molecule has 0 rings (SSSR count). The summed E-state index contributed by atoms with van der Waals surface area (Å²) in [6.07, 6.45) is 2.35. The first-order chi connectivity index (χ1) is 6.34. The van der Waals surface area contributed by atoms with Gasteiger partial charge in [-0.15, -0.1) is 0 Å². The van der Waals surface area contributed by atoms with Crippen molar-refractivity contribution >= 4 is 15.9 Å². The van der Waals surface area contributed by atoms with E-state index in [2.05, 4.69) is 50.5 Å². The summed E-state index contributed by atoms with van der Waals surface area (Å²) in [5, 5.41) is 0. The van der Waals surface area contributed by atoms with Crippen LogP contribution in [0.4, 0.5) is 0 Å². The molecule has 1 atom stereocenters. The molecule has 1 nitrogen and oxygen atoms in total. The first-order valence-corrected chi connectivity index (χ1v) is 6.47. The van der Waals surface area contributed by atoms with E-state index in [9.17, 15) is 0 Å². The van der Waals surface area contributed by atoms with E-state index in [1.807, 2.05) is 0 Å². The summed E-state index contributed by atoms with van der Waals surface area (Å²) in [6.45, 7) is 13.0. The SMILES string of the molecule is CC(C)COCCCC(Br)C(C)(C)C. The van der Waals surface area contributed by atoms with E-state index in [0.29, 0.717) is 16.2 Å². The zero-order chi connectivity index (χ0) is 11.2. The fourth-order valence-electron chi connectivity index (χ4n) is 1.12. The van der Waals surface area contributed by atoms with Gasteiger partial charge >= 0.3 is 0 Å². The van der Waals surface area contributed by atoms with Gasteiger partial charge < -0.3 is 4.74 Å². The van der Waals surface area contributed by atoms with Gasteiger partial charge in [-0.05, 0) is 24.2 Å². The topological polar surface area (TPSA) is 9.23 Å². The van der Waals surface area contributed by atoms with Crippen LogP contribution in [0, 0.1) is 11.3 Å². The van der Waals surface area contributed by atoms with Gasteiger partial charge in [0.05, 0.1) is 0 Å². The molecule has 0 aromatic heterocycles. The second-order valence-corrected chi connectivity index (χ2v) is 6.55. The van der Waals surface area contributed by atoms with Gasteiger partial charge in [-0.25, -0.2) is 0 Å². The Hall–Kier alpha value is 0.440. The molecule has 0 aliphatic carbocycles. The van der Waals surface area contributed by atoms with Crippen molar-refractivity contribution in [2.75, 3.05) is 13.2 Å². The van der Waals surface area contributed by atoms with Gasteiger partial charge in [-0.1, -0.05) is 50.5 Å². The Morgan fingerprint density at radius 3 is 2.21 bits per heavy atom. The highest BCUT2D eigenvalue weighted by atomic mass is 79.9. The maximum Gasteiger partial charge on any atom is 0.0488 e. The van der Waals surface area contributed by atoms with Crippen LogP contribution in [0.1, 0.15) is 47.5 Å². The largest absolute Gasteiger partial charge is 0.381 e. The summed E-state index contributed by atoms with van der Waals surface area (Å²) >= 11 is 3.72. The highest BCUT2D eigenvalue weighted by Gasteiger charge is 2.20. The van der Waals surface area contributed by atoms with Gasteiger partial charge in [0.25, 0.3) is 0 Å². The second-order valence-electron chi connectivity index (χ2n) is 5.44. The smallest absolute Gasteiger partial charge is 0.0488 e. The normalized spacial score (nSPS) is 14.8. The molecule has 0 aromatic rings. The molecule has 0 N–H and O–H groups in total. The van der Waals surface area contributed by atoms with Crippen molar-refractivity contribution in [3.05, 3.63) is 0 Å². The Morgan fingerprint density at radius 1 is 1.21 bits per heavy atom. The zero-order valence-electron chi connectivity index (χ0n) is 10.3. The molecule has 0 heterocycles. The van der Waals surface area contributed by atoms with Crippen molar-refractivity contribution in [1.82, 2.24) is 0 Å².